The van der Waals surface area contributed by atoms with E-state index in [4.69, 9.17) is 0 Å². The van der Waals surface area contributed by atoms with Gasteiger partial charge in [-0.05, 0) is 38.1 Å². The summed E-state index contributed by atoms with van der Waals surface area (Å²) >= 11 is 4.72. The van der Waals surface area contributed by atoms with E-state index in [1.165, 1.54) is 11.8 Å². The van der Waals surface area contributed by atoms with Crippen molar-refractivity contribution in [2.45, 2.75) is 24.8 Å². The summed E-state index contributed by atoms with van der Waals surface area (Å²) in [4.78, 5) is 23.7. The van der Waals surface area contributed by atoms with Gasteiger partial charge in [-0.1, -0.05) is 15.9 Å². The molecule has 0 saturated heterocycles. The zero-order valence-electron chi connectivity index (χ0n) is 10.2. The second-order valence-electron chi connectivity index (χ2n) is 3.92. The van der Waals surface area contributed by atoms with E-state index >= 15 is 0 Å². The second kappa shape index (κ2) is 7.43. The summed E-state index contributed by atoms with van der Waals surface area (Å²) in [6.45, 7) is 3.67. The molecule has 98 valence electrons. The highest BCUT2D eigenvalue weighted by atomic mass is 79.9. The average Bonchev–Trinajstić information content (AvgIpc) is 2.27. The van der Waals surface area contributed by atoms with Crippen LogP contribution in [0.2, 0.25) is 0 Å². The van der Waals surface area contributed by atoms with Crippen molar-refractivity contribution in [1.82, 2.24) is 10.6 Å². The number of urea groups is 1. The molecular formula is C12H15BrN2O2S. The fraction of sp³-hybridized carbons (Fsp3) is 0.333. The Bertz CT molecular complexity index is 421. The van der Waals surface area contributed by atoms with E-state index in [-0.39, 0.29) is 17.7 Å². The van der Waals surface area contributed by atoms with Crippen LogP contribution in [0.5, 0.6) is 0 Å². The normalized spacial score (nSPS) is 10.2. The lowest BCUT2D eigenvalue weighted by atomic mass is 10.4. The number of amides is 3. The highest BCUT2D eigenvalue weighted by Gasteiger charge is 2.08. The molecule has 0 fully saturated rings. The molecule has 1 aromatic carbocycles. The van der Waals surface area contributed by atoms with Gasteiger partial charge >= 0.3 is 6.03 Å². The molecule has 18 heavy (non-hydrogen) atoms. The highest BCUT2D eigenvalue weighted by Crippen LogP contribution is 2.20. The van der Waals surface area contributed by atoms with Gasteiger partial charge in [-0.3, -0.25) is 10.1 Å². The van der Waals surface area contributed by atoms with Gasteiger partial charge in [0.05, 0.1) is 5.75 Å². The number of nitrogens with one attached hydrogen (secondary N) is 2. The molecule has 0 unspecified atom stereocenters. The van der Waals surface area contributed by atoms with Crippen LogP contribution < -0.4 is 10.6 Å². The number of halogens is 1. The first kappa shape index (κ1) is 15.0. The predicted octanol–water partition coefficient (Wildman–Crippen LogP) is 2.78. The molecule has 4 nitrogen and oxygen atoms in total. The maximum absolute atomic E-state index is 11.5. The minimum atomic E-state index is -0.452. The zero-order chi connectivity index (χ0) is 13.5. The van der Waals surface area contributed by atoms with Crippen molar-refractivity contribution >= 4 is 39.6 Å². The fourth-order valence-corrected chi connectivity index (χ4v) is 2.10. The number of carbonyl (C=O) groups is 2. The van der Waals surface area contributed by atoms with Gasteiger partial charge in [0.2, 0.25) is 5.91 Å². The van der Waals surface area contributed by atoms with Gasteiger partial charge in [-0.2, -0.15) is 0 Å². The Labute approximate surface area is 119 Å². The first-order valence-corrected chi connectivity index (χ1v) is 7.24. The standard InChI is InChI=1S/C12H15BrN2O2S/c1-8(2)14-12(17)15-11(16)7-18-10-5-3-9(13)4-6-10/h3-6,8H,7H2,1-2H3,(H2,14,15,16,17). The van der Waals surface area contributed by atoms with Crippen molar-refractivity contribution in [3.05, 3.63) is 28.7 Å². The quantitative estimate of drug-likeness (QED) is 0.834. The van der Waals surface area contributed by atoms with Gasteiger partial charge in [0, 0.05) is 15.4 Å². The number of benzene rings is 1. The van der Waals surface area contributed by atoms with Gasteiger partial charge in [-0.25, -0.2) is 4.79 Å². The molecule has 0 bridgehead atoms. The third-order valence-electron chi connectivity index (χ3n) is 1.86. The number of imide groups is 1. The van der Waals surface area contributed by atoms with Crippen molar-refractivity contribution < 1.29 is 9.59 Å². The number of hydrogen-bond acceptors (Lipinski definition) is 3. The third kappa shape index (κ3) is 6.07. The maximum atomic E-state index is 11.5. The first-order chi connectivity index (χ1) is 8.47. The molecule has 0 aliphatic carbocycles. The number of hydrogen-bond donors (Lipinski definition) is 2. The van der Waals surface area contributed by atoms with Crippen LogP contribution in [0, 0.1) is 0 Å². The molecule has 0 saturated carbocycles. The zero-order valence-corrected chi connectivity index (χ0v) is 12.6. The van der Waals surface area contributed by atoms with E-state index < -0.39 is 6.03 Å². The molecule has 0 radical (unpaired) electrons. The molecule has 6 heteroatoms. The molecule has 0 aliphatic heterocycles. The van der Waals surface area contributed by atoms with Crippen LogP contribution in [0.1, 0.15) is 13.8 Å². The maximum Gasteiger partial charge on any atom is 0.321 e. The Morgan fingerprint density at radius 1 is 1.28 bits per heavy atom. The van der Waals surface area contributed by atoms with Gasteiger partial charge < -0.3 is 5.32 Å². The fourth-order valence-electron chi connectivity index (χ4n) is 1.14. The Morgan fingerprint density at radius 3 is 2.44 bits per heavy atom. The third-order valence-corrected chi connectivity index (χ3v) is 3.40. The molecule has 0 heterocycles. The van der Waals surface area contributed by atoms with Crippen LogP contribution in [0.3, 0.4) is 0 Å². The predicted molar refractivity (Wildman–Crippen MR) is 76.7 cm³/mol. The molecule has 0 aromatic heterocycles. The van der Waals surface area contributed by atoms with Crippen molar-refractivity contribution in [2.24, 2.45) is 0 Å². The van der Waals surface area contributed by atoms with Crippen LogP contribution >= 0.6 is 27.7 Å². The molecule has 0 aliphatic rings. The van der Waals surface area contributed by atoms with E-state index in [1.807, 2.05) is 38.1 Å². The second-order valence-corrected chi connectivity index (χ2v) is 5.88. The minimum Gasteiger partial charge on any atom is -0.336 e. The average molecular weight is 331 g/mol. The van der Waals surface area contributed by atoms with Gasteiger partial charge in [0.1, 0.15) is 0 Å². The summed E-state index contributed by atoms with van der Waals surface area (Å²) in [6, 6.07) is 7.20. The lowest BCUT2D eigenvalue weighted by Gasteiger charge is -2.08. The van der Waals surface area contributed by atoms with E-state index in [9.17, 15) is 9.59 Å². The summed E-state index contributed by atoms with van der Waals surface area (Å²) in [6.07, 6.45) is 0. The van der Waals surface area contributed by atoms with E-state index in [0.29, 0.717) is 0 Å². The Morgan fingerprint density at radius 2 is 1.89 bits per heavy atom. The molecule has 2 N–H and O–H groups in total. The Balaban J connectivity index is 2.33. The van der Waals surface area contributed by atoms with Crippen LogP contribution in [-0.2, 0) is 4.79 Å². The molecule has 1 aromatic rings. The minimum absolute atomic E-state index is 0.0110. The van der Waals surface area contributed by atoms with Crippen LogP contribution in [0.4, 0.5) is 4.79 Å². The van der Waals surface area contributed by atoms with Crippen LogP contribution in [0.25, 0.3) is 0 Å². The van der Waals surface area contributed by atoms with Gasteiger partial charge in [-0.15, -0.1) is 11.8 Å². The van der Waals surface area contributed by atoms with Gasteiger partial charge in [0.25, 0.3) is 0 Å². The summed E-state index contributed by atoms with van der Waals surface area (Å²) in [5.41, 5.74) is 0. The van der Waals surface area contributed by atoms with Crippen molar-refractivity contribution in [2.75, 3.05) is 5.75 Å². The summed E-state index contributed by atoms with van der Waals surface area (Å²) in [5.74, 6) is -0.0891. The molecule has 0 spiro atoms. The van der Waals surface area contributed by atoms with E-state index in [1.54, 1.807) is 0 Å². The van der Waals surface area contributed by atoms with Crippen molar-refractivity contribution in [3.63, 3.8) is 0 Å². The summed E-state index contributed by atoms with van der Waals surface area (Å²) in [5, 5.41) is 4.87. The molecule has 0 atom stereocenters. The SMILES string of the molecule is CC(C)NC(=O)NC(=O)CSc1ccc(Br)cc1. The lowest BCUT2D eigenvalue weighted by Crippen LogP contribution is -2.43. The molecule has 1 rings (SSSR count). The molecule has 3 amide bonds. The highest BCUT2D eigenvalue weighted by molar-refractivity contribution is 9.10. The Kier molecular flexibility index (Phi) is 6.21. The lowest BCUT2D eigenvalue weighted by molar-refractivity contribution is -0.117. The van der Waals surface area contributed by atoms with Crippen LogP contribution in [0.15, 0.2) is 33.6 Å². The number of thioether (sulfide) groups is 1. The Hall–Kier alpha value is -1.01. The van der Waals surface area contributed by atoms with Gasteiger partial charge in [0.15, 0.2) is 0 Å². The topological polar surface area (TPSA) is 58.2 Å². The van der Waals surface area contributed by atoms with E-state index in [2.05, 4.69) is 26.6 Å². The smallest absolute Gasteiger partial charge is 0.321 e. The molecular weight excluding hydrogens is 316 g/mol. The summed E-state index contributed by atoms with van der Waals surface area (Å²) < 4.78 is 0.993. The van der Waals surface area contributed by atoms with Crippen molar-refractivity contribution in [3.8, 4) is 0 Å². The monoisotopic (exact) mass is 330 g/mol. The first-order valence-electron chi connectivity index (χ1n) is 5.46. The van der Waals surface area contributed by atoms with E-state index in [0.717, 1.165) is 9.37 Å². The number of carbonyl (C=O) groups excluding carboxylic acids is 2. The van der Waals surface area contributed by atoms with Crippen LogP contribution in [-0.4, -0.2) is 23.7 Å². The number of rotatable bonds is 4. The van der Waals surface area contributed by atoms with Crippen molar-refractivity contribution in [1.29, 1.82) is 0 Å². The largest absolute Gasteiger partial charge is 0.336 e. The summed E-state index contributed by atoms with van der Waals surface area (Å²) in [7, 11) is 0.